The lowest BCUT2D eigenvalue weighted by Gasteiger charge is -2.12. The van der Waals surface area contributed by atoms with Gasteiger partial charge in [-0.2, -0.15) is 13.2 Å². The number of amides is 2. The molecule has 0 saturated heterocycles. The number of nitrogens with one attached hydrogen (secondary N) is 2. The van der Waals surface area contributed by atoms with E-state index < -0.39 is 17.6 Å². The topological polar surface area (TPSA) is 84.2 Å². The molecule has 0 heterocycles. The first kappa shape index (κ1) is 21.2. The number of carbonyl (C=O) groups is 2. The molecule has 0 spiro atoms. The molecule has 1 fully saturated rings. The second kappa shape index (κ2) is 9.05. The molecule has 0 unspecified atom stereocenters. The van der Waals surface area contributed by atoms with Gasteiger partial charge < -0.3 is 16.4 Å². The second-order valence-corrected chi connectivity index (χ2v) is 5.84. The third kappa shape index (κ3) is 6.91. The Morgan fingerprint density at radius 3 is 2.44 bits per heavy atom. The molecule has 1 saturated carbocycles. The molecule has 1 aromatic carbocycles. The average molecular weight is 380 g/mol. The van der Waals surface area contributed by atoms with Gasteiger partial charge in [-0.25, -0.2) is 0 Å². The first-order valence-corrected chi connectivity index (χ1v) is 7.78. The Balaban J connectivity index is 0.00000312. The van der Waals surface area contributed by atoms with Crippen LogP contribution >= 0.6 is 12.4 Å². The molecule has 5 nitrogen and oxygen atoms in total. The molecule has 0 bridgehead atoms. The summed E-state index contributed by atoms with van der Waals surface area (Å²) in [5, 5.41) is 5.17. The van der Waals surface area contributed by atoms with Crippen LogP contribution in [-0.4, -0.2) is 18.4 Å². The minimum atomic E-state index is -4.50. The summed E-state index contributed by atoms with van der Waals surface area (Å²) in [7, 11) is 0. The number of benzene rings is 1. The molecule has 140 valence electrons. The lowest BCUT2D eigenvalue weighted by atomic mass is 10.1. The third-order valence-corrected chi connectivity index (χ3v) is 3.67. The van der Waals surface area contributed by atoms with Gasteiger partial charge in [0.15, 0.2) is 0 Å². The zero-order chi connectivity index (χ0) is 17.7. The summed E-state index contributed by atoms with van der Waals surface area (Å²) in [6, 6.07) is 3.26. The Bertz CT molecular complexity index is 619. The molecule has 0 radical (unpaired) electrons. The molecule has 0 aromatic heterocycles. The molecule has 4 N–H and O–H groups in total. The van der Waals surface area contributed by atoms with Gasteiger partial charge in [-0.05, 0) is 43.0 Å². The van der Waals surface area contributed by atoms with Crippen LogP contribution in [-0.2, 0) is 22.3 Å². The molecule has 2 rings (SSSR count). The van der Waals surface area contributed by atoms with E-state index in [1.54, 1.807) is 0 Å². The Morgan fingerprint density at radius 1 is 1.20 bits per heavy atom. The molecule has 25 heavy (non-hydrogen) atoms. The van der Waals surface area contributed by atoms with Crippen LogP contribution in [0.25, 0.3) is 0 Å². The first-order chi connectivity index (χ1) is 11.3. The monoisotopic (exact) mass is 379 g/mol. The van der Waals surface area contributed by atoms with Gasteiger partial charge in [-0.15, -0.1) is 12.4 Å². The maximum atomic E-state index is 12.8. The zero-order valence-corrected chi connectivity index (χ0v) is 14.3. The number of alkyl halides is 3. The highest BCUT2D eigenvalue weighted by Gasteiger charge is 2.31. The van der Waals surface area contributed by atoms with E-state index in [0.29, 0.717) is 13.0 Å². The van der Waals surface area contributed by atoms with Crippen LogP contribution in [0.4, 0.5) is 18.9 Å². The standard InChI is InChI=1S/C16H20F3N3O2.ClH/c17-16(18,19)12-6-10(9-20)7-13(8-12)22-14(23)2-1-5-21-15(24)11-3-4-11;/h6-8,11H,1-5,9,20H2,(H,21,24)(H,22,23);1H. The van der Waals surface area contributed by atoms with E-state index in [2.05, 4.69) is 10.6 Å². The van der Waals surface area contributed by atoms with Gasteiger partial charge in [0.1, 0.15) is 0 Å². The van der Waals surface area contributed by atoms with Crippen molar-refractivity contribution < 1.29 is 22.8 Å². The number of nitrogens with two attached hydrogens (primary N) is 1. The van der Waals surface area contributed by atoms with Crippen molar-refractivity contribution in [1.82, 2.24) is 5.32 Å². The maximum absolute atomic E-state index is 12.8. The number of rotatable bonds is 7. The van der Waals surface area contributed by atoms with Gasteiger partial charge in [0, 0.05) is 31.1 Å². The van der Waals surface area contributed by atoms with Crippen LogP contribution in [0.5, 0.6) is 0 Å². The normalized spacial score (nSPS) is 13.8. The van der Waals surface area contributed by atoms with Crippen LogP contribution in [0.3, 0.4) is 0 Å². The van der Waals surface area contributed by atoms with Crippen LogP contribution in [0.15, 0.2) is 18.2 Å². The van der Waals surface area contributed by atoms with E-state index in [1.807, 2.05) is 0 Å². The van der Waals surface area contributed by atoms with Crippen LogP contribution in [0.1, 0.15) is 36.8 Å². The summed E-state index contributed by atoms with van der Waals surface area (Å²) >= 11 is 0. The van der Waals surface area contributed by atoms with Crippen LogP contribution < -0.4 is 16.4 Å². The summed E-state index contributed by atoms with van der Waals surface area (Å²) < 4.78 is 38.5. The predicted molar refractivity (Wildman–Crippen MR) is 90.2 cm³/mol. The fourth-order valence-electron chi connectivity index (χ4n) is 2.22. The molecular weight excluding hydrogens is 359 g/mol. The van der Waals surface area contributed by atoms with Crippen LogP contribution in [0, 0.1) is 5.92 Å². The molecule has 1 aromatic rings. The Labute approximate surface area is 149 Å². The number of carbonyl (C=O) groups excluding carboxylic acids is 2. The highest BCUT2D eigenvalue weighted by atomic mass is 35.5. The van der Waals surface area contributed by atoms with Gasteiger partial charge in [0.05, 0.1) is 5.56 Å². The van der Waals surface area contributed by atoms with Crippen molar-refractivity contribution in [2.24, 2.45) is 11.7 Å². The highest BCUT2D eigenvalue weighted by molar-refractivity contribution is 5.91. The van der Waals surface area contributed by atoms with Gasteiger partial charge in [-0.1, -0.05) is 0 Å². The lowest BCUT2D eigenvalue weighted by Crippen LogP contribution is -2.26. The number of halogens is 4. The minimum Gasteiger partial charge on any atom is -0.356 e. The highest BCUT2D eigenvalue weighted by Crippen LogP contribution is 2.32. The minimum absolute atomic E-state index is 0. The van der Waals surface area contributed by atoms with Crippen molar-refractivity contribution in [2.75, 3.05) is 11.9 Å². The largest absolute Gasteiger partial charge is 0.416 e. The fraction of sp³-hybridized carbons (Fsp3) is 0.500. The molecule has 0 aliphatic heterocycles. The quantitative estimate of drug-likeness (QED) is 0.637. The summed E-state index contributed by atoms with van der Waals surface area (Å²) in [4.78, 5) is 23.2. The van der Waals surface area contributed by atoms with Gasteiger partial charge >= 0.3 is 6.18 Å². The average Bonchev–Trinajstić information content (AvgIpc) is 3.35. The molecular formula is C16H21ClF3N3O2. The van der Waals surface area contributed by atoms with Gasteiger partial charge in [0.25, 0.3) is 0 Å². The van der Waals surface area contributed by atoms with Gasteiger partial charge in [0.2, 0.25) is 11.8 Å². The molecule has 0 atom stereocenters. The maximum Gasteiger partial charge on any atom is 0.416 e. The number of hydrogen-bond donors (Lipinski definition) is 3. The number of anilines is 1. The lowest BCUT2D eigenvalue weighted by molar-refractivity contribution is -0.137. The number of hydrogen-bond acceptors (Lipinski definition) is 3. The van der Waals surface area contributed by atoms with Crippen molar-refractivity contribution in [1.29, 1.82) is 0 Å². The molecule has 1 aliphatic carbocycles. The van der Waals surface area contributed by atoms with E-state index in [-0.39, 0.29) is 48.4 Å². The first-order valence-electron chi connectivity index (χ1n) is 7.78. The summed E-state index contributed by atoms with van der Waals surface area (Å²) in [5.41, 5.74) is 4.90. The predicted octanol–water partition coefficient (Wildman–Crippen LogP) is 2.83. The van der Waals surface area contributed by atoms with Crippen LogP contribution in [0.2, 0.25) is 0 Å². The van der Waals surface area contributed by atoms with E-state index in [0.717, 1.165) is 25.0 Å². The van der Waals surface area contributed by atoms with Crippen molar-refractivity contribution in [3.8, 4) is 0 Å². The molecule has 9 heteroatoms. The Kier molecular flexibility index (Phi) is 7.69. The van der Waals surface area contributed by atoms with E-state index in [4.69, 9.17) is 5.73 Å². The fourth-order valence-corrected chi connectivity index (χ4v) is 2.22. The Morgan fingerprint density at radius 2 is 1.88 bits per heavy atom. The van der Waals surface area contributed by atoms with Crippen molar-refractivity contribution in [2.45, 2.75) is 38.4 Å². The second-order valence-electron chi connectivity index (χ2n) is 5.84. The van der Waals surface area contributed by atoms with E-state index >= 15 is 0 Å². The van der Waals surface area contributed by atoms with Crippen molar-refractivity contribution in [3.05, 3.63) is 29.3 Å². The molecule has 2 amide bonds. The van der Waals surface area contributed by atoms with E-state index in [9.17, 15) is 22.8 Å². The van der Waals surface area contributed by atoms with E-state index in [1.165, 1.54) is 6.07 Å². The van der Waals surface area contributed by atoms with Gasteiger partial charge in [-0.3, -0.25) is 9.59 Å². The smallest absolute Gasteiger partial charge is 0.356 e. The van der Waals surface area contributed by atoms with Crippen molar-refractivity contribution in [3.63, 3.8) is 0 Å². The summed E-state index contributed by atoms with van der Waals surface area (Å²) in [5.74, 6) is -0.294. The third-order valence-electron chi connectivity index (χ3n) is 3.67. The summed E-state index contributed by atoms with van der Waals surface area (Å²) in [6.45, 7) is 0.319. The Hall–Kier alpha value is -1.80. The summed E-state index contributed by atoms with van der Waals surface area (Å²) in [6.07, 6.45) is -2.15. The molecule has 1 aliphatic rings. The van der Waals surface area contributed by atoms with Crippen molar-refractivity contribution >= 4 is 29.9 Å². The zero-order valence-electron chi connectivity index (χ0n) is 13.5. The SMILES string of the molecule is Cl.NCc1cc(NC(=O)CCCNC(=O)C2CC2)cc(C(F)(F)F)c1.